The molecule has 0 amide bonds. The van der Waals surface area contributed by atoms with E-state index in [1.54, 1.807) is 0 Å². The number of benzene rings is 4. The Morgan fingerprint density at radius 2 is 0.972 bits per heavy atom. The maximum atomic E-state index is 7.15. The summed E-state index contributed by atoms with van der Waals surface area (Å²) in [6, 6.07) is 44.5. The normalized spacial score (nSPS) is 13.8. The van der Waals surface area contributed by atoms with Crippen LogP contribution in [0.2, 0.25) is 18.1 Å². The summed E-state index contributed by atoms with van der Waals surface area (Å²) in [6.07, 6.45) is 2.15. The number of rotatable bonds is 9. The van der Waals surface area contributed by atoms with Crippen LogP contribution in [0.5, 0.6) is 0 Å². The van der Waals surface area contributed by atoms with E-state index in [1.807, 2.05) is 0 Å². The third-order valence-corrected chi connectivity index (χ3v) is 17.5. The van der Waals surface area contributed by atoms with Crippen molar-refractivity contribution in [2.45, 2.75) is 51.4 Å². The van der Waals surface area contributed by atoms with E-state index < -0.39 is 15.6 Å². The first-order chi connectivity index (χ1) is 17.2. The first-order valence-electron chi connectivity index (χ1n) is 13.1. The van der Waals surface area contributed by atoms with Crippen molar-refractivity contribution in [3.05, 3.63) is 127 Å². The quantitative estimate of drug-likeness (QED) is 0.164. The van der Waals surface area contributed by atoms with Gasteiger partial charge in [0.25, 0.3) is 0 Å². The molecule has 4 rings (SSSR count). The third kappa shape index (κ3) is 5.73. The first-order valence-corrected chi connectivity index (χ1v) is 18.2. The Kier molecular flexibility index (Phi) is 8.30. The molecule has 0 aliphatic carbocycles. The standard InChI is InChI=1S/C33H41OPSi/c1-33(2,3)36(4,5)34-32(28-18-10-6-11-19-28)26-27-35(29-20-12-7-13-21-29,30-22-14-8-15-23-30)31-24-16-9-17-25-31/h6-25,32,35H,26-27H2,1-5H3. The second kappa shape index (κ2) is 11.3. The summed E-state index contributed by atoms with van der Waals surface area (Å²) in [5, 5.41) is 4.54. The number of hydrogen-bond donors (Lipinski definition) is 0. The zero-order valence-electron chi connectivity index (χ0n) is 22.4. The average molecular weight is 513 g/mol. The summed E-state index contributed by atoms with van der Waals surface area (Å²) in [7, 11) is -4.27. The molecule has 0 aliphatic rings. The Morgan fingerprint density at radius 1 is 0.611 bits per heavy atom. The molecular weight excluding hydrogens is 471 g/mol. The van der Waals surface area contributed by atoms with Crippen LogP contribution in [0.1, 0.15) is 38.9 Å². The molecule has 0 radical (unpaired) electrons. The molecule has 0 N–H and O–H groups in total. The predicted molar refractivity (Wildman–Crippen MR) is 163 cm³/mol. The zero-order chi connectivity index (χ0) is 25.7. The Hall–Kier alpha value is -2.51. The fourth-order valence-corrected chi connectivity index (χ4v) is 11.1. The average Bonchev–Trinajstić information content (AvgIpc) is 2.90. The summed E-state index contributed by atoms with van der Waals surface area (Å²) in [5.74, 6) is 0. The number of hydrogen-bond acceptors (Lipinski definition) is 1. The van der Waals surface area contributed by atoms with Crippen LogP contribution in [0.3, 0.4) is 0 Å². The fraction of sp³-hybridized carbons (Fsp3) is 0.273. The first kappa shape index (κ1) is 26.5. The van der Waals surface area contributed by atoms with Gasteiger partial charge in [0, 0.05) is 0 Å². The van der Waals surface area contributed by atoms with Gasteiger partial charge in [0.2, 0.25) is 0 Å². The van der Waals surface area contributed by atoms with Crippen LogP contribution in [-0.2, 0) is 4.43 Å². The second-order valence-corrected chi connectivity index (χ2v) is 20.1. The van der Waals surface area contributed by atoms with Gasteiger partial charge in [-0.15, -0.1) is 0 Å². The van der Waals surface area contributed by atoms with Gasteiger partial charge in [-0.2, -0.15) is 0 Å². The SMILES string of the molecule is CC(C)(C)[Si](C)(C)OC(CC[PH](c1ccccc1)(c1ccccc1)c1ccccc1)c1ccccc1. The summed E-state index contributed by atoms with van der Waals surface area (Å²) in [4.78, 5) is 0. The van der Waals surface area contributed by atoms with Crippen molar-refractivity contribution in [1.29, 1.82) is 0 Å². The van der Waals surface area contributed by atoms with Crippen molar-refractivity contribution in [2.75, 3.05) is 6.16 Å². The molecular formula is C33H41OPSi. The van der Waals surface area contributed by atoms with Gasteiger partial charge >= 0.3 is 220 Å². The molecule has 4 aromatic rings. The minimum atomic E-state index is -2.31. The Morgan fingerprint density at radius 3 is 1.33 bits per heavy atom. The van der Waals surface area contributed by atoms with Crippen LogP contribution in [0, 0.1) is 0 Å². The van der Waals surface area contributed by atoms with Gasteiger partial charge in [-0.3, -0.25) is 0 Å². The van der Waals surface area contributed by atoms with Crippen LogP contribution in [-0.4, -0.2) is 14.5 Å². The Labute approximate surface area is 220 Å². The molecule has 3 heteroatoms. The zero-order valence-corrected chi connectivity index (χ0v) is 24.4. The molecule has 0 saturated carbocycles. The van der Waals surface area contributed by atoms with Gasteiger partial charge in [-0.25, -0.2) is 0 Å². The molecule has 188 valence electrons. The van der Waals surface area contributed by atoms with Crippen LogP contribution in [0.25, 0.3) is 0 Å². The van der Waals surface area contributed by atoms with E-state index in [2.05, 4.69) is 155 Å². The molecule has 4 aromatic carbocycles. The van der Waals surface area contributed by atoms with E-state index in [0.29, 0.717) is 0 Å². The van der Waals surface area contributed by atoms with E-state index in [1.165, 1.54) is 21.5 Å². The van der Waals surface area contributed by atoms with Crippen molar-refractivity contribution >= 4 is 31.5 Å². The van der Waals surface area contributed by atoms with Gasteiger partial charge in [-0.05, 0) is 0 Å². The van der Waals surface area contributed by atoms with Crippen molar-refractivity contribution < 1.29 is 4.43 Å². The molecule has 1 atom stereocenters. The van der Waals surface area contributed by atoms with Gasteiger partial charge in [0.1, 0.15) is 0 Å². The van der Waals surface area contributed by atoms with Gasteiger partial charge in [0.05, 0.1) is 0 Å². The predicted octanol–water partition coefficient (Wildman–Crippen LogP) is 7.87. The van der Waals surface area contributed by atoms with E-state index in [9.17, 15) is 0 Å². The third-order valence-electron chi connectivity index (χ3n) is 8.00. The second-order valence-electron chi connectivity index (χ2n) is 11.3. The van der Waals surface area contributed by atoms with Crippen LogP contribution in [0.4, 0.5) is 0 Å². The summed E-state index contributed by atoms with van der Waals surface area (Å²) >= 11 is 0. The van der Waals surface area contributed by atoms with Gasteiger partial charge in [0.15, 0.2) is 0 Å². The summed E-state index contributed by atoms with van der Waals surface area (Å²) < 4.78 is 7.15. The van der Waals surface area contributed by atoms with Crippen molar-refractivity contribution in [1.82, 2.24) is 0 Å². The van der Waals surface area contributed by atoms with Gasteiger partial charge in [-0.1, -0.05) is 0 Å². The molecule has 0 bridgehead atoms. The van der Waals surface area contributed by atoms with Crippen LogP contribution in [0.15, 0.2) is 121 Å². The van der Waals surface area contributed by atoms with Crippen LogP contribution < -0.4 is 15.9 Å². The molecule has 0 saturated heterocycles. The molecule has 1 unspecified atom stereocenters. The molecule has 1 nitrogen and oxygen atoms in total. The topological polar surface area (TPSA) is 9.23 Å². The van der Waals surface area contributed by atoms with Gasteiger partial charge < -0.3 is 0 Å². The maximum absolute atomic E-state index is 7.15. The Balaban J connectivity index is 1.82. The summed E-state index contributed by atoms with van der Waals surface area (Å²) in [5.41, 5.74) is 1.29. The molecule has 0 spiro atoms. The minimum absolute atomic E-state index is 0.0788. The summed E-state index contributed by atoms with van der Waals surface area (Å²) in [6.45, 7) is 11.7. The molecule has 36 heavy (non-hydrogen) atoms. The van der Waals surface area contributed by atoms with Crippen LogP contribution >= 0.6 is 7.26 Å². The molecule has 0 fully saturated rings. The van der Waals surface area contributed by atoms with E-state index in [0.717, 1.165) is 12.6 Å². The van der Waals surface area contributed by atoms with E-state index in [-0.39, 0.29) is 11.1 Å². The monoisotopic (exact) mass is 512 g/mol. The van der Waals surface area contributed by atoms with E-state index in [4.69, 9.17) is 4.43 Å². The van der Waals surface area contributed by atoms with Crippen molar-refractivity contribution in [3.8, 4) is 0 Å². The Bertz CT molecular complexity index is 1110. The van der Waals surface area contributed by atoms with E-state index >= 15 is 0 Å². The van der Waals surface area contributed by atoms with Crippen molar-refractivity contribution in [3.63, 3.8) is 0 Å². The molecule has 0 aromatic heterocycles. The molecule has 0 aliphatic heterocycles. The molecule has 0 heterocycles. The fourth-order valence-electron chi connectivity index (χ4n) is 4.94. The van der Waals surface area contributed by atoms with Crippen molar-refractivity contribution in [2.24, 2.45) is 0 Å².